The first kappa shape index (κ1) is 14.8. The largest absolute Gasteiger partial charge is 0.392 e. The highest BCUT2D eigenvalue weighted by atomic mass is 19.1. The fourth-order valence-corrected chi connectivity index (χ4v) is 3.27. The minimum Gasteiger partial charge on any atom is -0.392 e. The first-order chi connectivity index (χ1) is 11.8. The zero-order chi connectivity index (χ0) is 16.5. The van der Waals surface area contributed by atoms with Gasteiger partial charge < -0.3 is 5.11 Å². The van der Waals surface area contributed by atoms with Crippen LogP contribution in [0.2, 0.25) is 0 Å². The fraction of sp³-hybridized carbons (Fsp3) is 0.150. The average Bonchev–Trinajstić information content (AvgIpc) is 2.99. The number of hydrogen-bond donors (Lipinski definition) is 1. The molecule has 3 nitrogen and oxygen atoms in total. The smallest absolute Gasteiger partial charge is 0.123 e. The topological polar surface area (TPSA) is 38.1 Å². The summed E-state index contributed by atoms with van der Waals surface area (Å²) in [6, 6.07) is 14.6. The van der Waals surface area contributed by atoms with Gasteiger partial charge in [-0.05, 0) is 48.7 Å². The van der Waals surface area contributed by atoms with Gasteiger partial charge in [0.2, 0.25) is 0 Å². The van der Waals surface area contributed by atoms with Crippen LogP contribution in [0.25, 0.3) is 23.0 Å². The van der Waals surface area contributed by atoms with Gasteiger partial charge >= 0.3 is 0 Å². The Balaban J connectivity index is 1.93. The molecule has 0 aliphatic heterocycles. The van der Waals surface area contributed by atoms with Gasteiger partial charge in [-0.1, -0.05) is 30.3 Å². The minimum absolute atomic E-state index is 0.0278. The maximum atomic E-state index is 13.3. The molecule has 3 aromatic rings. The lowest BCUT2D eigenvalue weighted by atomic mass is 9.89. The van der Waals surface area contributed by atoms with Crippen LogP contribution >= 0.6 is 0 Å². The fourth-order valence-electron chi connectivity index (χ4n) is 3.27. The molecule has 2 aromatic carbocycles. The van der Waals surface area contributed by atoms with E-state index in [0.717, 1.165) is 35.5 Å². The monoisotopic (exact) mass is 320 g/mol. The Kier molecular flexibility index (Phi) is 3.75. The Bertz CT molecular complexity index is 910. The summed E-state index contributed by atoms with van der Waals surface area (Å²) < 4.78 is 15.1. The zero-order valence-electron chi connectivity index (χ0n) is 13.1. The van der Waals surface area contributed by atoms with E-state index in [1.165, 1.54) is 23.3 Å². The minimum atomic E-state index is -0.270. The molecule has 0 spiro atoms. The van der Waals surface area contributed by atoms with E-state index in [4.69, 9.17) is 10.2 Å². The van der Waals surface area contributed by atoms with Crippen molar-refractivity contribution in [1.82, 2.24) is 9.78 Å². The van der Waals surface area contributed by atoms with Crippen molar-refractivity contribution < 1.29 is 9.50 Å². The molecule has 1 heterocycles. The Morgan fingerprint density at radius 2 is 1.88 bits per heavy atom. The van der Waals surface area contributed by atoms with Crippen molar-refractivity contribution in [2.75, 3.05) is 6.61 Å². The van der Waals surface area contributed by atoms with Crippen LogP contribution in [0, 0.1) is 5.82 Å². The number of halogens is 1. The Morgan fingerprint density at radius 3 is 2.67 bits per heavy atom. The molecule has 0 saturated heterocycles. The number of aliphatic hydroxyl groups excluding tert-OH is 1. The van der Waals surface area contributed by atoms with Crippen LogP contribution in [0.1, 0.15) is 16.8 Å². The van der Waals surface area contributed by atoms with Gasteiger partial charge in [-0.3, -0.25) is 0 Å². The third-order valence-corrected chi connectivity index (χ3v) is 4.39. The number of aryl methyl sites for hydroxylation is 1. The summed E-state index contributed by atoms with van der Waals surface area (Å²) in [5, 5.41) is 14.0. The highest BCUT2D eigenvalue weighted by Crippen LogP contribution is 2.35. The van der Waals surface area contributed by atoms with E-state index in [0.29, 0.717) is 0 Å². The first-order valence-electron chi connectivity index (χ1n) is 8.01. The van der Waals surface area contributed by atoms with Gasteiger partial charge in [0.15, 0.2) is 0 Å². The average molecular weight is 320 g/mol. The number of hydrogen-bond acceptors (Lipinski definition) is 2. The maximum absolute atomic E-state index is 13.3. The normalized spacial score (nSPS) is 13.1. The van der Waals surface area contributed by atoms with Gasteiger partial charge in [0.05, 0.1) is 23.7 Å². The summed E-state index contributed by atoms with van der Waals surface area (Å²) in [5.74, 6) is -0.270. The van der Waals surface area contributed by atoms with Gasteiger partial charge in [0.25, 0.3) is 0 Å². The molecule has 4 heteroatoms. The quantitative estimate of drug-likeness (QED) is 0.797. The second-order valence-corrected chi connectivity index (χ2v) is 5.84. The second-order valence-electron chi connectivity index (χ2n) is 5.84. The van der Waals surface area contributed by atoms with Gasteiger partial charge in [-0.2, -0.15) is 5.10 Å². The van der Waals surface area contributed by atoms with E-state index in [2.05, 4.69) is 12.1 Å². The van der Waals surface area contributed by atoms with Gasteiger partial charge in [-0.25, -0.2) is 9.07 Å². The molecule has 0 radical (unpaired) electrons. The van der Waals surface area contributed by atoms with Crippen LogP contribution in [0.5, 0.6) is 0 Å². The lowest BCUT2D eigenvalue weighted by Crippen LogP contribution is -2.03. The Labute approximate surface area is 139 Å². The number of fused-ring (bicyclic) bond motifs is 3. The summed E-state index contributed by atoms with van der Waals surface area (Å²) >= 11 is 0. The molecular formula is C20H17FN2O. The zero-order valence-corrected chi connectivity index (χ0v) is 13.1. The van der Waals surface area contributed by atoms with Crippen LogP contribution in [-0.2, 0) is 12.8 Å². The summed E-state index contributed by atoms with van der Waals surface area (Å²) in [7, 11) is 0. The third-order valence-electron chi connectivity index (χ3n) is 4.39. The Hall–Kier alpha value is -2.72. The van der Waals surface area contributed by atoms with E-state index in [1.807, 2.05) is 22.9 Å². The first-order valence-corrected chi connectivity index (χ1v) is 8.01. The molecule has 1 aromatic heterocycles. The van der Waals surface area contributed by atoms with Gasteiger partial charge in [0.1, 0.15) is 5.82 Å². The van der Waals surface area contributed by atoms with E-state index in [9.17, 15) is 4.39 Å². The van der Waals surface area contributed by atoms with Crippen molar-refractivity contribution in [2.45, 2.75) is 12.8 Å². The van der Waals surface area contributed by atoms with Crippen molar-refractivity contribution in [3.63, 3.8) is 0 Å². The standard InChI is InChI=1S/C20H17FN2O/c21-15-8-10-16(11-9-15)23-19(6-3-13-24)18-12-7-14-4-1-2-5-17(14)20(18)22-23/h1-6,8-11,24H,7,12-13H2. The number of benzene rings is 2. The summed E-state index contributed by atoms with van der Waals surface area (Å²) in [6.07, 6.45) is 5.47. The molecule has 0 atom stereocenters. The van der Waals surface area contributed by atoms with Crippen molar-refractivity contribution in [1.29, 1.82) is 0 Å². The van der Waals surface area contributed by atoms with Crippen LogP contribution in [0.3, 0.4) is 0 Å². The van der Waals surface area contributed by atoms with Crippen molar-refractivity contribution in [3.05, 3.63) is 77.2 Å². The molecule has 1 N–H and O–H groups in total. The molecule has 120 valence electrons. The summed E-state index contributed by atoms with van der Waals surface area (Å²) in [4.78, 5) is 0. The number of aliphatic hydroxyl groups is 1. The predicted molar refractivity (Wildman–Crippen MR) is 92.5 cm³/mol. The molecular weight excluding hydrogens is 303 g/mol. The van der Waals surface area contributed by atoms with E-state index in [1.54, 1.807) is 18.2 Å². The molecule has 0 saturated carbocycles. The number of rotatable bonds is 3. The Morgan fingerprint density at radius 1 is 1.08 bits per heavy atom. The number of aromatic nitrogens is 2. The maximum Gasteiger partial charge on any atom is 0.123 e. The van der Waals surface area contributed by atoms with E-state index >= 15 is 0 Å². The SMILES string of the molecule is OCC=Cc1c2c(nn1-c1ccc(F)cc1)-c1ccccc1CC2. The second kappa shape index (κ2) is 6.06. The van der Waals surface area contributed by atoms with Crippen LogP contribution in [0.15, 0.2) is 54.6 Å². The molecule has 0 fully saturated rings. The molecule has 0 amide bonds. The van der Waals surface area contributed by atoms with Crippen molar-refractivity contribution >= 4 is 6.08 Å². The number of nitrogens with zero attached hydrogens (tertiary/aromatic N) is 2. The van der Waals surface area contributed by atoms with Crippen molar-refractivity contribution in [3.8, 4) is 16.9 Å². The molecule has 0 unspecified atom stereocenters. The van der Waals surface area contributed by atoms with Crippen LogP contribution < -0.4 is 0 Å². The van der Waals surface area contributed by atoms with E-state index < -0.39 is 0 Å². The highest BCUT2D eigenvalue weighted by molar-refractivity contribution is 5.74. The van der Waals surface area contributed by atoms with Crippen LogP contribution in [0.4, 0.5) is 4.39 Å². The molecule has 4 rings (SSSR count). The van der Waals surface area contributed by atoms with Crippen molar-refractivity contribution in [2.24, 2.45) is 0 Å². The predicted octanol–water partition coefficient (Wildman–Crippen LogP) is 3.78. The molecule has 24 heavy (non-hydrogen) atoms. The van der Waals surface area contributed by atoms with Gasteiger partial charge in [-0.15, -0.1) is 0 Å². The lowest BCUT2D eigenvalue weighted by Gasteiger charge is -2.15. The van der Waals surface area contributed by atoms with Crippen LogP contribution in [-0.4, -0.2) is 21.5 Å². The summed E-state index contributed by atoms with van der Waals surface area (Å²) in [6.45, 7) is -0.0278. The molecule has 0 bridgehead atoms. The lowest BCUT2D eigenvalue weighted by molar-refractivity contribution is 0.343. The summed E-state index contributed by atoms with van der Waals surface area (Å²) in [5.41, 5.74) is 6.34. The molecule has 1 aliphatic rings. The molecule has 1 aliphatic carbocycles. The van der Waals surface area contributed by atoms with Gasteiger partial charge in [0, 0.05) is 11.1 Å². The third kappa shape index (κ3) is 2.45. The van der Waals surface area contributed by atoms with E-state index in [-0.39, 0.29) is 12.4 Å². The highest BCUT2D eigenvalue weighted by Gasteiger charge is 2.23.